The van der Waals surface area contributed by atoms with E-state index in [0.717, 1.165) is 0 Å². The van der Waals surface area contributed by atoms with E-state index in [4.69, 9.17) is 14.9 Å². The van der Waals surface area contributed by atoms with Crippen LogP contribution in [0, 0.1) is 0 Å². The second-order valence-electron chi connectivity index (χ2n) is 3.50. The Bertz CT molecular complexity index is 472. The van der Waals surface area contributed by atoms with Crippen LogP contribution in [-0.2, 0) is 21.3 Å². The quantitative estimate of drug-likeness (QED) is 0.693. The van der Waals surface area contributed by atoms with Crippen LogP contribution >= 0.6 is 15.9 Å². The monoisotopic (exact) mass is 340 g/mol. The highest BCUT2D eigenvalue weighted by atomic mass is 79.9. The van der Waals surface area contributed by atoms with Crippen molar-refractivity contribution in [2.24, 2.45) is 5.73 Å². The highest BCUT2D eigenvalue weighted by Crippen LogP contribution is 2.25. The maximum Gasteiger partial charge on any atom is 0.244 e. The molecule has 0 aliphatic rings. The molecule has 1 heterocycles. The standard InChI is InChI=1S/C10H17BrN2O4S/c1-2-16-5-3-4-13-18(14,15)9-6-8(7-12)17-10(9)11/h6,13H,2-5,7,12H2,1H3. The summed E-state index contributed by atoms with van der Waals surface area (Å²) in [5.74, 6) is 0.413. The molecule has 0 amide bonds. The van der Waals surface area contributed by atoms with Gasteiger partial charge >= 0.3 is 0 Å². The fourth-order valence-corrected chi connectivity index (χ4v) is 3.35. The smallest absolute Gasteiger partial charge is 0.244 e. The lowest BCUT2D eigenvalue weighted by Gasteiger charge is -2.05. The summed E-state index contributed by atoms with van der Waals surface area (Å²) in [7, 11) is -3.57. The van der Waals surface area contributed by atoms with E-state index in [1.165, 1.54) is 6.07 Å². The van der Waals surface area contributed by atoms with Crippen LogP contribution < -0.4 is 10.5 Å². The van der Waals surface area contributed by atoms with E-state index < -0.39 is 10.0 Å². The van der Waals surface area contributed by atoms with Crippen LogP contribution in [0.1, 0.15) is 19.1 Å². The third-order valence-corrected chi connectivity index (χ3v) is 4.48. The van der Waals surface area contributed by atoms with Gasteiger partial charge in [0, 0.05) is 25.8 Å². The number of furan rings is 1. The first-order valence-electron chi connectivity index (χ1n) is 5.57. The highest BCUT2D eigenvalue weighted by Gasteiger charge is 2.21. The van der Waals surface area contributed by atoms with Crippen LogP contribution in [0.3, 0.4) is 0 Å². The Morgan fingerprint density at radius 1 is 1.56 bits per heavy atom. The van der Waals surface area contributed by atoms with Gasteiger partial charge in [0.25, 0.3) is 0 Å². The molecule has 104 valence electrons. The Balaban J connectivity index is 2.60. The van der Waals surface area contributed by atoms with Gasteiger partial charge in [0.2, 0.25) is 10.0 Å². The first-order chi connectivity index (χ1) is 8.51. The number of nitrogens with two attached hydrogens (primary N) is 1. The summed E-state index contributed by atoms with van der Waals surface area (Å²) in [6.07, 6.45) is 0.617. The molecule has 1 aromatic heterocycles. The number of halogens is 1. The molecule has 8 heteroatoms. The van der Waals surface area contributed by atoms with Gasteiger partial charge in [-0.05, 0) is 29.3 Å². The minimum Gasteiger partial charge on any atom is -0.452 e. The van der Waals surface area contributed by atoms with Crippen LogP contribution in [0.25, 0.3) is 0 Å². The lowest BCUT2D eigenvalue weighted by Crippen LogP contribution is -2.25. The third-order valence-electron chi connectivity index (χ3n) is 2.16. The van der Waals surface area contributed by atoms with Crippen LogP contribution in [-0.4, -0.2) is 28.2 Å². The topological polar surface area (TPSA) is 94.6 Å². The number of nitrogens with one attached hydrogen (secondary N) is 1. The van der Waals surface area contributed by atoms with Crippen molar-refractivity contribution in [3.63, 3.8) is 0 Å². The average Bonchev–Trinajstić information content (AvgIpc) is 2.71. The van der Waals surface area contributed by atoms with Crippen molar-refractivity contribution >= 4 is 26.0 Å². The molecule has 0 aromatic carbocycles. The van der Waals surface area contributed by atoms with E-state index in [9.17, 15) is 8.42 Å². The molecule has 0 unspecified atom stereocenters. The van der Waals surface area contributed by atoms with Crippen molar-refractivity contribution in [3.05, 3.63) is 16.5 Å². The summed E-state index contributed by atoms with van der Waals surface area (Å²) >= 11 is 3.06. The minimum atomic E-state index is -3.57. The van der Waals surface area contributed by atoms with Gasteiger partial charge in [-0.3, -0.25) is 0 Å². The number of hydrogen-bond acceptors (Lipinski definition) is 5. The molecule has 0 atom stereocenters. The first kappa shape index (κ1) is 15.6. The molecule has 0 saturated heterocycles. The second-order valence-corrected chi connectivity index (χ2v) is 5.96. The number of hydrogen-bond donors (Lipinski definition) is 2. The average molecular weight is 341 g/mol. The van der Waals surface area contributed by atoms with Crippen LogP contribution in [0.2, 0.25) is 0 Å². The summed E-state index contributed by atoms with van der Waals surface area (Å²) in [6.45, 7) is 3.51. The predicted molar refractivity (Wildman–Crippen MR) is 70.6 cm³/mol. The molecule has 18 heavy (non-hydrogen) atoms. The summed E-state index contributed by atoms with van der Waals surface area (Å²) in [4.78, 5) is 0.0689. The van der Waals surface area contributed by atoms with Gasteiger partial charge in [0.1, 0.15) is 10.7 Å². The van der Waals surface area contributed by atoms with E-state index in [-0.39, 0.29) is 16.1 Å². The zero-order valence-electron chi connectivity index (χ0n) is 10.1. The zero-order chi connectivity index (χ0) is 13.6. The molecule has 0 fully saturated rings. The maximum atomic E-state index is 11.9. The van der Waals surface area contributed by atoms with Crippen molar-refractivity contribution in [3.8, 4) is 0 Å². The van der Waals surface area contributed by atoms with Crippen LogP contribution in [0.5, 0.6) is 0 Å². The van der Waals surface area contributed by atoms with Gasteiger partial charge in [0.15, 0.2) is 4.67 Å². The van der Waals surface area contributed by atoms with Crippen LogP contribution in [0.4, 0.5) is 0 Å². The predicted octanol–water partition coefficient (Wildman–Crippen LogP) is 1.21. The van der Waals surface area contributed by atoms with Gasteiger partial charge < -0.3 is 14.9 Å². The Kier molecular flexibility index (Phi) is 6.30. The third kappa shape index (κ3) is 4.36. The molecule has 0 spiro atoms. The Morgan fingerprint density at radius 3 is 2.83 bits per heavy atom. The van der Waals surface area contributed by atoms with Crippen LogP contribution in [0.15, 0.2) is 20.0 Å². The van der Waals surface area contributed by atoms with Crippen molar-refractivity contribution in [2.75, 3.05) is 19.8 Å². The molecule has 0 radical (unpaired) electrons. The molecule has 3 N–H and O–H groups in total. The Labute approximate surface area is 115 Å². The molecule has 6 nitrogen and oxygen atoms in total. The van der Waals surface area contributed by atoms with E-state index in [1.807, 2.05) is 6.92 Å². The van der Waals surface area contributed by atoms with E-state index in [2.05, 4.69) is 20.7 Å². The highest BCUT2D eigenvalue weighted by molar-refractivity contribution is 9.10. The molecule has 0 bridgehead atoms. The number of sulfonamides is 1. The van der Waals surface area contributed by atoms with E-state index in [1.54, 1.807) is 0 Å². The van der Waals surface area contributed by atoms with Crippen molar-refractivity contribution in [2.45, 2.75) is 24.8 Å². The van der Waals surface area contributed by atoms with E-state index in [0.29, 0.717) is 31.9 Å². The SMILES string of the molecule is CCOCCCNS(=O)(=O)c1cc(CN)oc1Br. The molecular formula is C10H17BrN2O4S. The number of ether oxygens (including phenoxy) is 1. The van der Waals surface area contributed by atoms with Gasteiger partial charge in [0.05, 0.1) is 6.54 Å². The molecule has 0 aliphatic carbocycles. The lowest BCUT2D eigenvalue weighted by molar-refractivity contribution is 0.146. The second kappa shape index (κ2) is 7.25. The van der Waals surface area contributed by atoms with Gasteiger partial charge in [-0.2, -0.15) is 0 Å². The Morgan fingerprint density at radius 2 is 2.28 bits per heavy atom. The fourth-order valence-electron chi connectivity index (χ4n) is 1.28. The van der Waals surface area contributed by atoms with E-state index >= 15 is 0 Å². The number of rotatable bonds is 8. The molecule has 1 aromatic rings. The Hall–Kier alpha value is -0.410. The molecule has 0 aliphatic heterocycles. The summed E-state index contributed by atoms with van der Waals surface area (Å²) in [5, 5.41) is 0. The summed E-state index contributed by atoms with van der Waals surface area (Å²) in [6, 6.07) is 1.41. The first-order valence-corrected chi connectivity index (χ1v) is 7.84. The zero-order valence-corrected chi connectivity index (χ0v) is 12.5. The minimum absolute atomic E-state index is 0.0689. The lowest BCUT2D eigenvalue weighted by atomic mass is 10.5. The fraction of sp³-hybridized carbons (Fsp3) is 0.600. The normalized spacial score (nSPS) is 11.9. The summed E-state index contributed by atoms with van der Waals surface area (Å²) < 4.78 is 36.8. The largest absolute Gasteiger partial charge is 0.452 e. The van der Waals surface area contributed by atoms with Gasteiger partial charge in [-0.25, -0.2) is 13.1 Å². The van der Waals surface area contributed by atoms with Gasteiger partial charge in [-0.1, -0.05) is 0 Å². The van der Waals surface area contributed by atoms with Crippen molar-refractivity contribution < 1.29 is 17.6 Å². The maximum absolute atomic E-state index is 11.9. The molecule has 1 rings (SSSR count). The van der Waals surface area contributed by atoms with Crippen molar-refractivity contribution in [1.82, 2.24) is 4.72 Å². The van der Waals surface area contributed by atoms with Crippen molar-refractivity contribution in [1.29, 1.82) is 0 Å². The van der Waals surface area contributed by atoms with Gasteiger partial charge in [-0.15, -0.1) is 0 Å². The molecular weight excluding hydrogens is 324 g/mol. The summed E-state index contributed by atoms with van der Waals surface area (Å²) in [5.41, 5.74) is 5.38. The molecule has 0 saturated carbocycles.